The molecule has 0 N–H and O–H groups in total. The molecule has 1 aromatic carbocycles. The van der Waals surface area contributed by atoms with E-state index in [9.17, 15) is 4.39 Å². The molecule has 0 bridgehead atoms. The van der Waals surface area contributed by atoms with E-state index in [0.717, 1.165) is 5.69 Å². The van der Waals surface area contributed by atoms with Crippen LogP contribution in [0.15, 0.2) is 40.0 Å². The smallest absolute Gasteiger partial charge is 0.277 e. The highest BCUT2D eigenvalue weighted by molar-refractivity contribution is 7.98. The fourth-order valence-electron chi connectivity index (χ4n) is 1.79. The van der Waals surface area contributed by atoms with E-state index in [2.05, 4.69) is 15.3 Å². The van der Waals surface area contributed by atoms with Gasteiger partial charge in [-0.05, 0) is 24.6 Å². The molecular weight excluding hydrogens is 291 g/mol. The third-order valence-corrected chi connectivity index (χ3v) is 3.92. The highest BCUT2D eigenvalue weighted by Crippen LogP contribution is 2.26. The Labute approximate surface area is 125 Å². The van der Waals surface area contributed by atoms with Gasteiger partial charge in [-0.2, -0.15) is 5.10 Å². The lowest BCUT2D eigenvalue weighted by Gasteiger charge is -1.99. The van der Waals surface area contributed by atoms with Crippen molar-refractivity contribution in [3.05, 3.63) is 47.4 Å². The zero-order chi connectivity index (χ0) is 14.8. The maximum absolute atomic E-state index is 13.5. The molecule has 108 valence electrons. The molecule has 0 fully saturated rings. The Bertz CT molecular complexity index is 748. The van der Waals surface area contributed by atoms with Crippen molar-refractivity contribution in [1.82, 2.24) is 20.0 Å². The Morgan fingerprint density at radius 2 is 2.10 bits per heavy atom. The van der Waals surface area contributed by atoms with Crippen molar-refractivity contribution in [3.8, 4) is 11.6 Å². The fourth-order valence-corrected chi connectivity index (χ4v) is 2.54. The van der Waals surface area contributed by atoms with Gasteiger partial charge in [-0.1, -0.05) is 30.0 Å². The molecule has 0 radical (unpaired) electrons. The zero-order valence-corrected chi connectivity index (χ0v) is 12.4. The van der Waals surface area contributed by atoms with E-state index >= 15 is 0 Å². The Morgan fingerprint density at radius 1 is 1.29 bits per heavy atom. The minimum Gasteiger partial charge on any atom is -0.410 e. The SMILES string of the molecule is Cc1cc(-c2nnc(SCc3ccccc3F)o2)nn1C. The summed E-state index contributed by atoms with van der Waals surface area (Å²) in [6.07, 6.45) is 0. The topological polar surface area (TPSA) is 56.7 Å². The Balaban J connectivity index is 1.72. The molecule has 0 atom stereocenters. The van der Waals surface area contributed by atoms with Crippen molar-refractivity contribution in [1.29, 1.82) is 0 Å². The van der Waals surface area contributed by atoms with Crippen LogP contribution >= 0.6 is 11.8 Å². The summed E-state index contributed by atoms with van der Waals surface area (Å²) in [6.45, 7) is 1.95. The van der Waals surface area contributed by atoms with Crippen LogP contribution < -0.4 is 0 Å². The van der Waals surface area contributed by atoms with Gasteiger partial charge < -0.3 is 4.42 Å². The van der Waals surface area contributed by atoms with E-state index in [-0.39, 0.29) is 5.82 Å². The van der Waals surface area contributed by atoms with Crippen molar-refractivity contribution in [2.75, 3.05) is 0 Å². The molecule has 3 rings (SSSR count). The van der Waals surface area contributed by atoms with Crippen LogP contribution in [0.4, 0.5) is 4.39 Å². The van der Waals surface area contributed by atoms with Crippen LogP contribution in [-0.2, 0) is 12.8 Å². The van der Waals surface area contributed by atoms with E-state index in [4.69, 9.17) is 4.42 Å². The van der Waals surface area contributed by atoms with Gasteiger partial charge in [0.25, 0.3) is 11.1 Å². The molecule has 0 amide bonds. The molecule has 5 nitrogen and oxygen atoms in total. The Morgan fingerprint density at radius 3 is 2.81 bits per heavy atom. The van der Waals surface area contributed by atoms with Crippen LogP contribution in [0.2, 0.25) is 0 Å². The molecule has 21 heavy (non-hydrogen) atoms. The summed E-state index contributed by atoms with van der Waals surface area (Å²) in [5.41, 5.74) is 2.25. The average Bonchev–Trinajstić information content (AvgIpc) is 3.06. The second-order valence-corrected chi connectivity index (χ2v) is 5.47. The third-order valence-electron chi connectivity index (χ3n) is 3.05. The maximum Gasteiger partial charge on any atom is 0.277 e. The van der Waals surface area contributed by atoms with Crippen LogP contribution in [0.5, 0.6) is 0 Å². The Hall–Kier alpha value is -2.15. The molecule has 3 aromatic rings. The third kappa shape index (κ3) is 2.97. The van der Waals surface area contributed by atoms with E-state index in [1.165, 1.54) is 17.8 Å². The lowest BCUT2D eigenvalue weighted by atomic mass is 10.2. The predicted octanol–water partition coefficient (Wildman–Crippen LogP) is 3.21. The predicted molar refractivity (Wildman–Crippen MR) is 77.2 cm³/mol. The summed E-state index contributed by atoms with van der Waals surface area (Å²) >= 11 is 1.30. The minimum atomic E-state index is -0.231. The van der Waals surface area contributed by atoms with Crippen LogP contribution in [0.25, 0.3) is 11.6 Å². The van der Waals surface area contributed by atoms with Crippen LogP contribution in [0.1, 0.15) is 11.3 Å². The highest BCUT2D eigenvalue weighted by atomic mass is 32.2. The fraction of sp³-hybridized carbons (Fsp3) is 0.214. The maximum atomic E-state index is 13.5. The van der Waals surface area contributed by atoms with Gasteiger partial charge >= 0.3 is 0 Å². The second-order valence-electron chi connectivity index (χ2n) is 4.55. The van der Waals surface area contributed by atoms with Crippen molar-refractivity contribution >= 4 is 11.8 Å². The summed E-state index contributed by atoms with van der Waals surface area (Å²) in [6, 6.07) is 8.51. The number of nitrogens with zero attached hydrogens (tertiary/aromatic N) is 4. The van der Waals surface area contributed by atoms with Crippen molar-refractivity contribution < 1.29 is 8.81 Å². The van der Waals surface area contributed by atoms with E-state index in [0.29, 0.717) is 28.1 Å². The van der Waals surface area contributed by atoms with Crippen molar-refractivity contribution in [2.24, 2.45) is 7.05 Å². The van der Waals surface area contributed by atoms with Gasteiger partial charge in [-0.15, -0.1) is 10.2 Å². The number of hydrogen-bond donors (Lipinski definition) is 0. The first-order valence-corrected chi connectivity index (χ1v) is 7.33. The second kappa shape index (κ2) is 5.69. The van der Waals surface area contributed by atoms with Gasteiger partial charge in [-0.3, -0.25) is 4.68 Å². The molecule has 2 aromatic heterocycles. The number of hydrogen-bond acceptors (Lipinski definition) is 5. The molecule has 0 spiro atoms. The number of halogens is 1. The average molecular weight is 304 g/mol. The van der Waals surface area contributed by atoms with Gasteiger partial charge in [0, 0.05) is 18.5 Å². The van der Waals surface area contributed by atoms with E-state index < -0.39 is 0 Å². The largest absolute Gasteiger partial charge is 0.410 e. The normalized spacial score (nSPS) is 11.0. The minimum absolute atomic E-state index is 0.231. The molecule has 0 unspecified atom stereocenters. The van der Waals surface area contributed by atoms with E-state index in [1.54, 1.807) is 22.9 Å². The summed E-state index contributed by atoms with van der Waals surface area (Å²) in [4.78, 5) is 0. The number of aromatic nitrogens is 4. The summed E-state index contributed by atoms with van der Waals surface area (Å²) < 4.78 is 20.8. The number of thioether (sulfide) groups is 1. The van der Waals surface area contributed by atoms with Gasteiger partial charge in [0.05, 0.1) is 0 Å². The molecule has 7 heteroatoms. The molecule has 0 aliphatic carbocycles. The monoisotopic (exact) mass is 304 g/mol. The quantitative estimate of drug-likeness (QED) is 0.693. The first kappa shape index (κ1) is 13.8. The number of rotatable bonds is 4. The molecule has 0 saturated carbocycles. The molecule has 0 aliphatic heterocycles. The van der Waals surface area contributed by atoms with Crippen LogP contribution in [0, 0.1) is 12.7 Å². The lowest BCUT2D eigenvalue weighted by molar-refractivity contribution is 0.463. The number of aryl methyl sites for hydroxylation is 2. The summed E-state index contributed by atoms with van der Waals surface area (Å²) in [5, 5.41) is 12.6. The highest BCUT2D eigenvalue weighted by Gasteiger charge is 2.13. The molecule has 0 saturated heterocycles. The summed E-state index contributed by atoms with van der Waals surface area (Å²) in [5.74, 6) is 0.579. The first-order valence-electron chi connectivity index (χ1n) is 6.34. The zero-order valence-electron chi connectivity index (χ0n) is 11.6. The van der Waals surface area contributed by atoms with Crippen molar-refractivity contribution in [3.63, 3.8) is 0 Å². The first-order chi connectivity index (χ1) is 10.1. The van der Waals surface area contributed by atoms with Gasteiger partial charge in [0.15, 0.2) is 0 Å². The lowest BCUT2D eigenvalue weighted by Crippen LogP contribution is -1.92. The Kier molecular flexibility index (Phi) is 3.74. The summed E-state index contributed by atoms with van der Waals surface area (Å²) in [7, 11) is 1.85. The van der Waals surface area contributed by atoms with Crippen LogP contribution in [-0.4, -0.2) is 20.0 Å². The van der Waals surface area contributed by atoms with E-state index in [1.807, 2.05) is 20.0 Å². The van der Waals surface area contributed by atoms with Crippen LogP contribution in [0.3, 0.4) is 0 Å². The molecular formula is C14H13FN4OS. The molecule has 2 heterocycles. The van der Waals surface area contributed by atoms with Gasteiger partial charge in [0.1, 0.15) is 11.5 Å². The number of benzene rings is 1. The van der Waals surface area contributed by atoms with Gasteiger partial charge in [-0.25, -0.2) is 4.39 Å². The standard InChI is InChI=1S/C14H13FN4OS/c1-9-7-12(18-19(9)2)13-16-17-14(20-13)21-8-10-5-3-4-6-11(10)15/h3-7H,8H2,1-2H3. The molecule has 0 aliphatic rings. The van der Waals surface area contributed by atoms with Crippen molar-refractivity contribution in [2.45, 2.75) is 17.9 Å². The van der Waals surface area contributed by atoms with Gasteiger partial charge in [0.2, 0.25) is 0 Å².